The predicted molar refractivity (Wildman–Crippen MR) is 91.0 cm³/mol. The van der Waals surface area contributed by atoms with Gasteiger partial charge >= 0.3 is 0 Å². The van der Waals surface area contributed by atoms with Gasteiger partial charge in [0.1, 0.15) is 11.4 Å². The van der Waals surface area contributed by atoms with Gasteiger partial charge in [-0.3, -0.25) is 9.69 Å². The standard InChI is InChI=1S/C19H20FN3O3/c20-18-15(2-1-5-21-18)19(26)6-12-9-23(10-13(12)7-19)11-17(25)16-4-3-14(24)8-22-16/h1-5,8,12-13,24,26H,6-7,9-11H2. The van der Waals surface area contributed by atoms with Crippen LogP contribution in [0.1, 0.15) is 28.9 Å². The number of aromatic nitrogens is 2. The Morgan fingerprint density at radius 1 is 1.23 bits per heavy atom. The molecule has 2 fully saturated rings. The van der Waals surface area contributed by atoms with Crippen LogP contribution in [-0.2, 0) is 5.60 Å². The zero-order valence-electron chi connectivity index (χ0n) is 14.2. The Kier molecular flexibility index (Phi) is 4.20. The summed E-state index contributed by atoms with van der Waals surface area (Å²) >= 11 is 0. The number of pyridine rings is 2. The summed E-state index contributed by atoms with van der Waals surface area (Å²) < 4.78 is 14.0. The first kappa shape index (κ1) is 17.1. The average Bonchev–Trinajstić information content (AvgIpc) is 3.10. The van der Waals surface area contributed by atoms with Crippen molar-refractivity contribution in [3.05, 3.63) is 53.9 Å². The first-order valence-corrected chi connectivity index (χ1v) is 8.68. The van der Waals surface area contributed by atoms with Crippen LogP contribution in [0.4, 0.5) is 4.39 Å². The highest BCUT2D eigenvalue weighted by Crippen LogP contribution is 2.49. The van der Waals surface area contributed by atoms with E-state index < -0.39 is 11.5 Å². The van der Waals surface area contributed by atoms with Crippen LogP contribution >= 0.6 is 0 Å². The molecule has 2 aromatic heterocycles. The highest BCUT2D eigenvalue weighted by Gasteiger charge is 2.50. The van der Waals surface area contributed by atoms with Crippen LogP contribution < -0.4 is 0 Å². The Hall–Kier alpha value is -2.38. The first-order valence-electron chi connectivity index (χ1n) is 8.68. The fraction of sp³-hybridized carbons (Fsp3) is 0.421. The fourth-order valence-corrected chi connectivity index (χ4v) is 4.37. The molecule has 26 heavy (non-hydrogen) atoms. The number of aliphatic hydroxyl groups is 1. The molecule has 2 N–H and O–H groups in total. The molecule has 0 spiro atoms. The third-order valence-electron chi connectivity index (χ3n) is 5.51. The maximum absolute atomic E-state index is 14.0. The van der Waals surface area contributed by atoms with Gasteiger partial charge in [-0.15, -0.1) is 0 Å². The lowest BCUT2D eigenvalue weighted by molar-refractivity contribution is 0.0273. The van der Waals surface area contributed by atoms with Gasteiger partial charge in [0.05, 0.1) is 18.3 Å². The van der Waals surface area contributed by atoms with Crippen LogP contribution in [0.5, 0.6) is 5.75 Å². The van der Waals surface area contributed by atoms with Gasteiger partial charge in [-0.05, 0) is 42.9 Å². The molecule has 0 aromatic carbocycles. The van der Waals surface area contributed by atoms with Crippen molar-refractivity contribution in [1.82, 2.24) is 14.9 Å². The van der Waals surface area contributed by atoms with E-state index in [1.54, 1.807) is 12.1 Å². The normalized spacial score (nSPS) is 28.2. The molecule has 0 bridgehead atoms. The van der Waals surface area contributed by atoms with Crippen LogP contribution in [0.25, 0.3) is 0 Å². The molecule has 1 aliphatic carbocycles. The minimum absolute atomic E-state index is 0.0270. The van der Waals surface area contributed by atoms with Crippen molar-refractivity contribution in [3.63, 3.8) is 0 Å². The zero-order valence-corrected chi connectivity index (χ0v) is 14.2. The molecule has 1 saturated heterocycles. The quantitative estimate of drug-likeness (QED) is 0.640. The summed E-state index contributed by atoms with van der Waals surface area (Å²) in [5, 5.41) is 20.2. The molecule has 3 heterocycles. The monoisotopic (exact) mass is 357 g/mol. The van der Waals surface area contributed by atoms with Crippen LogP contribution in [0, 0.1) is 17.8 Å². The minimum Gasteiger partial charge on any atom is -0.506 e. The van der Waals surface area contributed by atoms with Gasteiger partial charge in [0.2, 0.25) is 5.95 Å². The van der Waals surface area contributed by atoms with E-state index in [2.05, 4.69) is 14.9 Å². The number of fused-ring (bicyclic) bond motifs is 1. The van der Waals surface area contributed by atoms with E-state index >= 15 is 0 Å². The fourth-order valence-electron chi connectivity index (χ4n) is 4.37. The lowest BCUT2D eigenvalue weighted by Crippen LogP contribution is -2.32. The van der Waals surface area contributed by atoms with Crippen molar-refractivity contribution in [2.24, 2.45) is 11.8 Å². The van der Waals surface area contributed by atoms with Crippen LogP contribution in [0.15, 0.2) is 36.7 Å². The molecular formula is C19H20FN3O3. The number of nitrogens with zero attached hydrogens (tertiary/aromatic N) is 3. The smallest absolute Gasteiger partial charge is 0.218 e. The highest BCUT2D eigenvalue weighted by atomic mass is 19.1. The number of carbonyl (C=O) groups excluding carboxylic acids is 1. The molecule has 2 aromatic rings. The number of hydrogen-bond acceptors (Lipinski definition) is 6. The molecule has 2 unspecified atom stereocenters. The van der Waals surface area contributed by atoms with Gasteiger partial charge in [0, 0.05) is 24.8 Å². The molecule has 1 saturated carbocycles. The van der Waals surface area contributed by atoms with Crippen molar-refractivity contribution in [2.75, 3.05) is 19.6 Å². The Morgan fingerprint density at radius 3 is 2.58 bits per heavy atom. The highest BCUT2D eigenvalue weighted by molar-refractivity contribution is 5.95. The summed E-state index contributed by atoms with van der Waals surface area (Å²) in [6, 6.07) is 6.20. The summed E-state index contributed by atoms with van der Waals surface area (Å²) in [6.07, 6.45) is 3.59. The number of rotatable bonds is 4. The van der Waals surface area contributed by atoms with E-state index in [0.717, 1.165) is 0 Å². The molecule has 0 radical (unpaired) electrons. The number of halogens is 1. The molecule has 4 rings (SSSR count). The van der Waals surface area contributed by atoms with Crippen molar-refractivity contribution >= 4 is 5.78 Å². The molecule has 0 amide bonds. The zero-order chi connectivity index (χ0) is 18.3. The van der Waals surface area contributed by atoms with E-state index in [-0.39, 0.29) is 35.5 Å². The maximum Gasteiger partial charge on any atom is 0.218 e. The summed E-state index contributed by atoms with van der Waals surface area (Å²) in [5.74, 6) is -0.238. The van der Waals surface area contributed by atoms with Crippen molar-refractivity contribution < 1.29 is 19.4 Å². The largest absolute Gasteiger partial charge is 0.506 e. The van der Waals surface area contributed by atoms with Gasteiger partial charge in [-0.2, -0.15) is 4.39 Å². The van der Waals surface area contributed by atoms with Crippen molar-refractivity contribution in [2.45, 2.75) is 18.4 Å². The lowest BCUT2D eigenvalue weighted by atomic mass is 9.91. The second kappa shape index (κ2) is 6.41. The number of carbonyl (C=O) groups is 1. The predicted octanol–water partition coefficient (Wildman–Crippen LogP) is 1.73. The molecular weight excluding hydrogens is 337 g/mol. The van der Waals surface area contributed by atoms with E-state index in [9.17, 15) is 19.4 Å². The number of ketones is 1. The third-order valence-corrected chi connectivity index (χ3v) is 5.51. The number of aromatic hydroxyl groups is 1. The maximum atomic E-state index is 14.0. The Labute approximate surface area is 150 Å². The second-order valence-corrected chi connectivity index (χ2v) is 7.32. The molecule has 7 heteroatoms. The van der Waals surface area contributed by atoms with Crippen LogP contribution in [-0.4, -0.2) is 50.5 Å². The van der Waals surface area contributed by atoms with Gasteiger partial charge in [-0.25, -0.2) is 9.97 Å². The third kappa shape index (κ3) is 3.08. The summed E-state index contributed by atoms with van der Waals surface area (Å²) in [7, 11) is 0. The Bertz CT molecular complexity index is 813. The van der Waals surface area contributed by atoms with Crippen molar-refractivity contribution in [3.8, 4) is 5.75 Å². The SMILES string of the molecule is O=C(CN1CC2CC(O)(c3cccnc3F)CC2C1)c1ccc(O)cn1. The molecule has 2 aliphatic rings. The minimum atomic E-state index is -1.18. The van der Waals surface area contributed by atoms with Gasteiger partial charge in [0.25, 0.3) is 0 Å². The van der Waals surface area contributed by atoms with E-state index in [0.29, 0.717) is 31.6 Å². The van der Waals surface area contributed by atoms with Crippen molar-refractivity contribution in [1.29, 1.82) is 0 Å². The average molecular weight is 357 g/mol. The van der Waals surface area contributed by atoms with Gasteiger partial charge in [0.15, 0.2) is 5.78 Å². The van der Waals surface area contributed by atoms with E-state index in [1.165, 1.54) is 24.5 Å². The van der Waals surface area contributed by atoms with Crippen LogP contribution in [0.3, 0.4) is 0 Å². The first-order chi connectivity index (χ1) is 12.4. The number of likely N-dealkylation sites (tertiary alicyclic amines) is 1. The van der Waals surface area contributed by atoms with Gasteiger partial charge in [-0.1, -0.05) is 6.07 Å². The summed E-state index contributed by atoms with van der Waals surface area (Å²) in [4.78, 5) is 22.0. The summed E-state index contributed by atoms with van der Waals surface area (Å²) in [6.45, 7) is 1.64. The van der Waals surface area contributed by atoms with Gasteiger partial charge < -0.3 is 10.2 Å². The molecule has 2 atom stereocenters. The summed E-state index contributed by atoms with van der Waals surface area (Å²) in [5.41, 5.74) is -0.582. The van der Waals surface area contributed by atoms with Crippen LogP contribution in [0.2, 0.25) is 0 Å². The lowest BCUT2D eigenvalue weighted by Gasteiger charge is -2.26. The Morgan fingerprint density at radius 2 is 1.96 bits per heavy atom. The molecule has 1 aliphatic heterocycles. The topological polar surface area (TPSA) is 86.6 Å². The van der Waals surface area contributed by atoms with E-state index in [1.807, 2.05) is 0 Å². The molecule has 136 valence electrons. The molecule has 6 nitrogen and oxygen atoms in total. The number of Topliss-reactive ketones (excluding diaryl/α,β-unsaturated/α-hetero) is 1. The van der Waals surface area contributed by atoms with E-state index in [4.69, 9.17) is 0 Å². The number of hydrogen-bond donors (Lipinski definition) is 2. The Balaban J connectivity index is 1.40. The second-order valence-electron chi connectivity index (χ2n) is 7.32.